The van der Waals surface area contributed by atoms with Gasteiger partial charge in [0, 0.05) is 6.42 Å². The summed E-state index contributed by atoms with van der Waals surface area (Å²) in [6.07, 6.45) is 13.3. The maximum atomic E-state index is 14.3. The van der Waals surface area contributed by atoms with Crippen LogP contribution in [-0.4, -0.2) is 17.0 Å². The highest BCUT2D eigenvalue weighted by atomic mass is 16.5. The third-order valence-electron chi connectivity index (χ3n) is 16.2. The lowest BCUT2D eigenvalue weighted by Gasteiger charge is -2.72. The topological polar surface area (TPSA) is 63.6 Å². The van der Waals surface area contributed by atoms with E-state index in [0.29, 0.717) is 42.6 Å². The Hall–Kier alpha value is -3.14. The average Bonchev–Trinajstić information content (AvgIpc) is 3.49. The zero-order valence-electron chi connectivity index (χ0n) is 31.5. The molecule has 9 atom stereocenters. The fraction of sp³-hybridized carbons (Fsp3) is 0.609. The van der Waals surface area contributed by atoms with Gasteiger partial charge in [-0.25, -0.2) is 0 Å². The number of ether oxygens (including phenoxy) is 1. The lowest BCUT2D eigenvalue weighted by molar-refractivity contribution is -0.229. The van der Waals surface area contributed by atoms with Gasteiger partial charge in [0.25, 0.3) is 0 Å². The van der Waals surface area contributed by atoms with Crippen molar-refractivity contribution in [3.63, 3.8) is 0 Å². The van der Waals surface area contributed by atoms with Gasteiger partial charge in [-0.2, -0.15) is 0 Å². The van der Waals surface area contributed by atoms with Crippen molar-refractivity contribution in [2.24, 2.45) is 56.7 Å². The highest BCUT2D eigenvalue weighted by Crippen LogP contribution is 2.77. The largest absolute Gasteiger partial charge is 0.481 e. The molecular weight excluding hydrogens is 617 g/mol. The van der Waals surface area contributed by atoms with Gasteiger partial charge in [-0.3, -0.25) is 9.59 Å². The van der Waals surface area contributed by atoms with Crippen molar-refractivity contribution in [1.82, 2.24) is 0 Å². The van der Waals surface area contributed by atoms with Gasteiger partial charge >= 0.3 is 11.9 Å². The molecule has 50 heavy (non-hydrogen) atoms. The second-order valence-corrected chi connectivity index (χ2v) is 18.5. The summed E-state index contributed by atoms with van der Waals surface area (Å²) in [4.78, 5) is 25.5. The van der Waals surface area contributed by atoms with Crippen LogP contribution in [-0.2, 0) is 27.4 Å². The van der Waals surface area contributed by atoms with Gasteiger partial charge in [0.2, 0.25) is 0 Å². The molecule has 2 aromatic carbocycles. The molecule has 0 aliphatic heterocycles. The van der Waals surface area contributed by atoms with Gasteiger partial charge in [0.1, 0.15) is 6.61 Å². The first kappa shape index (κ1) is 35.3. The Labute approximate surface area is 301 Å². The molecule has 9 unspecified atom stereocenters. The lowest BCUT2D eigenvalue weighted by Crippen LogP contribution is -2.66. The summed E-state index contributed by atoms with van der Waals surface area (Å²) in [6, 6.07) is 18.9. The van der Waals surface area contributed by atoms with E-state index in [1.807, 2.05) is 18.2 Å². The number of rotatable bonds is 8. The molecule has 4 saturated carbocycles. The van der Waals surface area contributed by atoms with Crippen molar-refractivity contribution in [2.75, 3.05) is 0 Å². The van der Waals surface area contributed by atoms with Gasteiger partial charge in [-0.15, -0.1) is 0 Å². The predicted octanol–water partition coefficient (Wildman–Crippen LogP) is 11.1. The van der Waals surface area contributed by atoms with E-state index in [-0.39, 0.29) is 34.1 Å². The van der Waals surface area contributed by atoms with E-state index in [1.54, 1.807) is 0 Å². The predicted molar refractivity (Wildman–Crippen MR) is 201 cm³/mol. The van der Waals surface area contributed by atoms with Crippen LogP contribution in [0.5, 0.6) is 0 Å². The highest BCUT2D eigenvalue weighted by molar-refractivity contribution is 5.78. The van der Waals surface area contributed by atoms with Gasteiger partial charge in [-0.05, 0) is 145 Å². The number of carbonyl (C=O) groups excluding carboxylic acids is 1. The van der Waals surface area contributed by atoms with Gasteiger partial charge < -0.3 is 9.84 Å². The Balaban J connectivity index is 1.17. The highest BCUT2D eigenvalue weighted by Gasteiger charge is 2.71. The zero-order valence-corrected chi connectivity index (χ0v) is 31.5. The maximum Gasteiger partial charge on any atom is 0.312 e. The number of aryl methyl sites for hydroxylation is 1. The minimum atomic E-state index is -0.746. The number of carboxylic acids is 1. The standard InChI is InChI=1S/C46H60O4/c1-30(2)34-21-26-46(41(49)50-29-32-11-9-8-10-12-32)28-27-44(6)36(40(34)46)18-19-38-43(5)24-22-35(42(3,4)37(43)23-25-45(38,44)7)33-16-13-31(14-17-33)15-20-39(47)48/h8-14,16-17,22,34,36-38,40H,1,15,18-21,23-29H2,2-7H3,(H,47,48). The van der Waals surface area contributed by atoms with Crippen molar-refractivity contribution in [2.45, 2.75) is 119 Å². The molecule has 0 aromatic heterocycles. The Bertz CT molecular complexity index is 1670. The molecule has 0 radical (unpaired) electrons. The molecule has 0 amide bonds. The van der Waals surface area contributed by atoms with Crippen LogP contribution in [0.3, 0.4) is 0 Å². The van der Waals surface area contributed by atoms with Crippen molar-refractivity contribution in [3.8, 4) is 0 Å². The smallest absolute Gasteiger partial charge is 0.312 e. The molecule has 5 aliphatic rings. The first-order chi connectivity index (χ1) is 23.7. The molecule has 7 rings (SSSR count). The summed E-state index contributed by atoms with van der Waals surface area (Å²) in [5, 5.41) is 9.15. The van der Waals surface area contributed by atoms with Crippen LogP contribution in [0.1, 0.15) is 122 Å². The van der Waals surface area contributed by atoms with Crippen LogP contribution in [0.15, 0.2) is 72.8 Å². The zero-order chi connectivity index (χ0) is 35.7. The normalized spacial score (nSPS) is 38.4. The minimum absolute atomic E-state index is 0.0371. The van der Waals surface area contributed by atoms with Crippen LogP contribution < -0.4 is 0 Å². The number of fused-ring (bicyclic) bond motifs is 7. The molecule has 4 heteroatoms. The van der Waals surface area contributed by atoms with Crippen molar-refractivity contribution >= 4 is 17.5 Å². The maximum absolute atomic E-state index is 14.3. The molecule has 0 heterocycles. The van der Waals surface area contributed by atoms with Crippen molar-refractivity contribution < 1.29 is 19.4 Å². The number of benzene rings is 2. The first-order valence-corrected chi connectivity index (χ1v) is 19.6. The number of carbonyl (C=O) groups is 2. The number of allylic oxidation sites excluding steroid dienone is 3. The van der Waals surface area contributed by atoms with E-state index in [0.717, 1.165) is 43.2 Å². The summed E-state index contributed by atoms with van der Waals surface area (Å²) in [7, 11) is 0. The number of aliphatic carboxylic acids is 1. The molecule has 1 N–H and O–H groups in total. The first-order valence-electron chi connectivity index (χ1n) is 19.6. The van der Waals surface area contributed by atoms with Gasteiger partial charge in [0.15, 0.2) is 0 Å². The van der Waals surface area contributed by atoms with Crippen LogP contribution in [0.25, 0.3) is 5.57 Å². The molecule has 0 saturated heterocycles. The number of carboxylic acid groups (broad SMARTS) is 1. The number of esters is 1. The van der Waals surface area contributed by atoms with E-state index < -0.39 is 11.4 Å². The van der Waals surface area contributed by atoms with E-state index in [1.165, 1.54) is 42.4 Å². The fourth-order valence-electron chi connectivity index (χ4n) is 13.6. The summed E-state index contributed by atoms with van der Waals surface area (Å²) < 4.78 is 6.23. The van der Waals surface area contributed by atoms with Crippen molar-refractivity contribution in [3.05, 3.63) is 89.5 Å². The van der Waals surface area contributed by atoms with E-state index in [4.69, 9.17) is 9.84 Å². The molecule has 4 fully saturated rings. The minimum Gasteiger partial charge on any atom is -0.481 e. The summed E-state index contributed by atoms with van der Waals surface area (Å²) in [5.74, 6) is 1.70. The SMILES string of the molecule is C=C(C)C1CCC2(C(=O)OCc3ccccc3)CCC3(C)C(CCC4C5(C)CC=C(c6ccc(CCC(=O)O)cc6)C(C)(C)C5CCC43C)C12. The Morgan fingerprint density at radius 1 is 0.820 bits per heavy atom. The summed E-state index contributed by atoms with van der Waals surface area (Å²) in [6.45, 7) is 20.0. The Kier molecular flexibility index (Phi) is 8.83. The molecule has 4 nitrogen and oxygen atoms in total. The van der Waals surface area contributed by atoms with E-state index in [2.05, 4.69) is 90.6 Å². The quantitative estimate of drug-likeness (QED) is 0.223. The third-order valence-corrected chi connectivity index (χ3v) is 16.2. The molecule has 268 valence electrons. The van der Waals surface area contributed by atoms with E-state index in [9.17, 15) is 9.59 Å². The second kappa shape index (κ2) is 12.5. The Morgan fingerprint density at radius 2 is 1.54 bits per heavy atom. The Morgan fingerprint density at radius 3 is 2.22 bits per heavy atom. The van der Waals surface area contributed by atoms with E-state index >= 15 is 0 Å². The average molecular weight is 677 g/mol. The molecule has 2 aromatic rings. The lowest BCUT2D eigenvalue weighted by atomic mass is 9.32. The van der Waals surface area contributed by atoms with Crippen LogP contribution >= 0.6 is 0 Å². The number of hydrogen-bond donors (Lipinski definition) is 1. The monoisotopic (exact) mass is 676 g/mol. The fourth-order valence-corrected chi connectivity index (χ4v) is 13.6. The van der Waals surface area contributed by atoms with Crippen LogP contribution in [0.4, 0.5) is 0 Å². The third kappa shape index (κ3) is 5.28. The number of hydrogen-bond acceptors (Lipinski definition) is 3. The van der Waals surface area contributed by atoms with Gasteiger partial charge in [0.05, 0.1) is 5.41 Å². The molecule has 0 spiro atoms. The molecule has 0 bridgehead atoms. The molecular formula is C46H60O4. The van der Waals surface area contributed by atoms with Crippen molar-refractivity contribution in [1.29, 1.82) is 0 Å². The van der Waals surface area contributed by atoms with Crippen LogP contribution in [0, 0.1) is 56.7 Å². The molecule has 5 aliphatic carbocycles. The summed E-state index contributed by atoms with van der Waals surface area (Å²) >= 11 is 0. The van der Waals surface area contributed by atoms with Gasteiger partial charge in [-0.1, -0.05) is 107 Å². The second-order valence-electron chi connectivity index (χ2n) is 18.5. The van der Waals surface area contributed by atoms with Crippen LogP contribution in [0.2, 0.25) is 0 Å². The summed E-state index contributed by atoms with van der Waals surface area (Å²) in [5.41, 5.74) is 6.36.